The molecule has 1 aromatic heterocycles. The van der Waals surface area contributed by atoms with Crippen molar-refractivity contribution in [2.45, 2.75) is 164 Å². The van der Waals surface area contributed by atoms with Crippen molar-refractivity contribution >= 4 is 53.1 Å². The number of nitrogens with zero attached hydrogens (tertiary/aromatic N) is 9. The Morgan fingerprint density at radius 2 is 0.945 bits per heavy atom. The molecule has 7 aromatic carbocycles. The van der Waals surface area contributed by atoms with E-state index >= 15 is 0 Å². The highest BCUT2D eigenvalue weighted by atomic mass is 35.7. The zero-order valence-electron chi connectivity index (χ0n) is 79.3. The molecule has 0 aliphatic carbocycles. The number of nitrogen functional groups attached to an aromatic ring is 2. The molecule has 31 nitrogen and oxygen atoms in total. The predicted octanol–water partition coefficient (Wildman–Crippen LogP) is 18.1. The van der Waals surface area contributed by atoms with E-state index in [9.17, 15) is 33.9 Å². The number of para-hydroxylation sites is 1. The molecule has 1 saturated heterocycles. The third-order valence-electron chi connectivity index (χ3n) is 17.8. The number of Topliss-reactive ketones (excluding diaryl/α,β-unsaturated/α-hetero) is 1. The summed E-state index contributed by atoms with van der Waals surface area (Å²) in [6.07, 6.45) is 4.10. The summed E-state index contributed by atoms with van der Waals surface area (Å²) in [4.78, 5) is 26.7. The van der Waals surface area contributed by atoms with Crippen LogP contribution in [-0.2, 0) is 23.9 Å². The number of phenolic OH excluding ortho intramolecular Hbond substituents is 2. The zero-order valence-corrected chi connectivity index (χ0v) is 81.7. The second kappa shape index (κ2) is 58.0. The summed E-state index contributed by atoms with van der Waals surface area (Å²) in [7, 11) is 22.8. The fraction of sp³-hybridized carbons (Fsp3) is 0.447. The number of methoxy groups -OCH3 is 6. The highest BCUT2D eigenvalue weighted by Crippen LogP contribution is 2.38. The summed E-state index contributed by atoms with van der Waals surface area (Å²) in [6, 6.07) is 48.2. The number of nitrogens with one attached hydrogen (secondary N) is 1. The van der Waals surface area contributed by atoms with Gasteiger partial charge in [0.1, 0.15) is 103 Å². The lowest BCUT2D eigenvalue weighted by Crippen LogP contribution is -2.50. The summed E-state index contributed by atoms with van der Waals surface area (Å²) >= 11 is 0. The molecule has 0 spiro atoms. The second-order valence-corrected chi connectivity index (χ2v) is 36.1. The highest BCUT2D eigenvalue weighted by molar-refractivity contribution is 8.09. The van der Waals surface area contributed by atoms with E-state index in [1.165, 1.54) is 32.4 Å². The molecule has 0 amide bonds. The van der Waals surface area contributed by atoms with Crippen molar-refractivity contribution in [3.63, 3.8) is 0 Å². The van der Waals surface area contributed by atoms with Crippen molar-refractivity contribution in [2.24, 2.45) is 0 Å². The van der Waals surface area contributed by atoms with Crippen LogP contribution < -0.4 is 64.2 Å². The van der Waals surface area contributed by atoms with Gasteiger partial charge in [0.05, 0.1) is 77.7 Å². The number of sulfone groups is 1. The molecule has 2 heterocycles. The van der Waals surface area contributed by atoms with E-state index in [4.69, 9.17) is 81.8 Å². The average molecular weight is 1840 g/mol. The molecule has 0 bridgehead atoms. The topological polar surface area (TPSA) is 422 Å². The number of aromatic hydroxyl groups is 2. The third kappa shape index (κ3) is 44.3. The molecule has 0 saturated carbocycles. The Morgan fingerprint density at radius 1 is 0.562 bits per heavy atom. The number of ether oxygens (including phenoxy) is 11. The van der Waals surface area contributed by atoms with Crippen LogP contribution in [0.2, 0.25) is 0 Å². The molecular weight excluding hydrogens is 1700 g/mol. The Bertz CT molecular complexity index is 5040. The van der Waals surface area contributed by atoms with Crippen molar-refractivity contribution in [1.82, 2.24) is 29.6 Å². The Kier molecular flexibility index (Phi) is 51.9. The lowest BCUT2D eigenvalue weighted by Gasteiger charge is -2.35. The fourth-order valence-electron chi connectivity index (χ4n) is 11.5. The van der Waals surface area contributed by atoms with E-state index in [2.05, 4.69) is 114 Å². The maximum atomic E-state index is 10.9. The Labute approximate surface area is 764 Å². The SMILES string of the molecule is CN(C)C(OC(C)(C)C)N(C)C.COc1ccc(O)c(C(C)=O)c1.COc1ccc(O)c(C(C)C)c1.COc1ccc(O/C(C#N)=C/Nc2ccccc2)c(C(C)C)c1.COc1ccc(OC(C#N)C(N(C)C)N(C)C)c(C(C)C)c1.COc1ccc(OCC#N)c(C(C)C)c1.COc1ccc(Oc2cnc(N)nc2N)c(C(C)C)c1.O=S(=O)(O)Cl.O=S1(=O)CCCC1. The molecule has 0 radical (unpaired) electrons. The van der Waals surface area contributed by atoms with Crippen LogP contribution in [0.4, 0.5) is 17.5 Å². The summed E-state index contributed by atoms with van der Waals surface area (Å²) < 4.78 is 106. The van der Waals surface area contributed by atoms with Crippen molar-refractivity contribution in [3.05, 3.63) is 191 Å². The van der Waals surface area contributed by atoms with Gasteiger partial charge in [-0.2, -0.15) is 29.2 Å². The first-order chi connectivity index (χ1) is 59.9. The van der Waals surface area contributed by atoms with Gasteiger partial charge >= 0.3 is 9.33 Å². The molecule has 8 aromatic rings. The number of aromatic nitrogens is 2. The van der Waals surface area contributed by atoms with E-state index in [0.29, 0.717) is 52.1 Å². The molecule has 704 valence electrons. The molecule has 1 fully saturated rings. The number of phenols is 2. The third-order valence-corrected chi connectivity index (χ3v) is 19.6. The maximum absolute atomic E-state index is 10.9. The lowest BCUT2D eigenvalue weighted by atomic mass is 10.0. The van der Waals surface area contributed by atoms with Gasteiger partial charge in [-0.15, -0.1) is 0 Å². The first-order valence-electron chi connectivity index (χ1n) is 40.8. The molecule has 128 heavy (non-hydrogen) atoms. The van der Waals surface area contributed by atoms with Gasteiger partial charge in [-0.3, -0.25) is 28.9 Å². The van der Waals surface area contributed by atoms with Crippen LogP contribution in [-0.4, -0.2) is 208 Å². The number of hydrogen-bond acceptors (Lipinski definition) is 30. The van der Waals surface area contributed by atoms with E-state index in [-0.39, 0.29) is 77.1 Å². The van der Waals surface area contributed by atoms with Crippen LogP contribution in [0, 0.1) is 34.0 Å². The Balaban J connectivity index is 0.000000739. The number of rotatable bonds is 28. The van der Waals surface area contributed by atoms with Crippen LogP contribution in [0.5, 0.6) is 74.7 Å². The number of allylic oxidation sites excluding steroid dienone is 1. The zero-order chi connectivity index (χ0) is 97.5. The van der Waals surface area contributed by atoms with E-state index in [0.717, 1.165) is 86.6 Å². The van der Waals surface area contributed by atoms with Crippen LogP contribution in [0.25, 0.3) is 0 Å². The molecule has 8 N–H and O–H groups in total. The number of hydrogen-bond donors (Lipinski definition) is 6. The quantitative estimate of drug-likeness (QED) is 0.00662. The number of nitriles is 3. The smallest absolute Gasteiger partial charge is 0.353 e. The molecule has 9 rings (SSSR count). The van der Waals surface area contributed by atoms with E-state index in [1.807, 2.05) is 205 Å². The van der Waals surface area contributed by atoms with Crippen LogP contribution in [0.3, 0.4) is 0 Å². The number of nitrogens with two attached hydrogens (primary N) is 2. The van der Waals surface area contributed by atoms with E-state index < -0.39 is 25.3 Å². The first-order valence-corrected chi connectivity index (χ1v) is 44.9. The van der Waals surface area contributed by atoms with Gasteiger partial charge in [-0.25, -0.2) is 13.4 Å². The van der Waals surface area contributed by atoms with Gasteiger partial charge in [0.25, 0.3) is 0 Å². The summed E-state index contributed by atoms with van der Waals surface area (Å²) in [6.45, 7) is 28.4. The van der Waals surface area contributed by atoms with Crippen molar-refractivity contribution in [1.29, 1.82) is 15.8 Å². The van der Waals surface area contributed by atoms with Gasteiger partial charge in [0.2, 0.25) is 17.8 Å². The fourth-order valence-corrected chi connectivity index (χ4v) is 13.0. The van der Waals surface area contributed by atoms with Crippen molar-refractivity contribution < 1.29 is 88.5 Å². The average Bonchev–Trinajstić information content (AvgIpc) is 0.852. The standard InChI is InChI=1S/C19H20N2O2.C17H27N3O2.C14H18N4O2.C12H15NO2.C10H14O2.C9H22N2O.C9H10O3.C4H8O2S.ClHO3S/c1-14(2)18-11-16(22-3)9-10-19(18)23-17(12-20)13-21-15-7-5-4-6-8-15;1-12(2)14-10-13(21-7)8-9-15(14)22-16(11-18)17(19(3)4)20(5)6;1-8(2)10-6-9(19-3)4-5-11(10)20-12-7-17-14(16)18-13(12)15;1-9(2)11-8-10(14-3)4-5-12(11)15-7-6-13;1-7(2)9-6-8(12-3)4-5-10(9)11;1-9(2,3)12-8(10(4)5)11(6)7;1-6(10)8-5-7(12-2)3-4-9(8)11;5-7(6)3-1-2-4-7;1-5(2,3)4/h4-11,13-14,21H,1-3H3;8-10,12,16-17H,1-7H3;4-8H,1-3H3,(H4,15,16,17,18);4-5,8-9H,7H2,1-3H3;4-7,11H,1-3H3;8H,1-7H3;3-5,11H,1-2H3;1-4H2;(H,2,3,4)/b17-13+;;;;;;;;. The van der Waals surface area contributed by atoms with Crippen LogP contribution in [0.15, 0.2) is 158 Å². The van der Waals surface area contributed by atoms with Gasteiger partial charge < -0.3 is 79.1 Å². The highest BCUT2D eigenvalue weighted by Gasteiger charge is 2.29. The van der Waals surface area contributed by atoms with Crippen LogP contribution >= 0.6 is 10.7 Å². The van der Waals surface area contributed by atoms with Crippen molar-refractivity contribution in [2.75, 3.05) is 134 Å². The summed E-state index contributed by atoms with van der Waals surface area (Å²) in [5.41, 5.74) is 17.3. The number of carbonyl (C=O) groups excluding carboxylic acids is 1. The van der Waals surface area contributed by atoms with Gasteiger partial charge in [-0.1, -0.05) is 87.4 Å². The normalized spacial score (nSPS) is 12.1. The molecule has 1 unspecified atom stereocenters. The Morgan fingerprint density at radius 3 is 1.30 bits per heavy atom. The maximum Gasteiger partial charge on any atom is 0.353 e. The summed E-state index contributed by atoms with van der Waals surface area (Å²) in [5.74, 6) is 10.7. The van der Waals surface area contributed by atoms with Crippen molar-refractivity contribution in [3.8, 4) is 93.0 Å². The number of likely N-dealkylation sites (N-methyl/N-ethyl adjacent to an activating group) is 2. The Hall–Kier alpha value is -11.6. The van der Waals surface area contributed by atoms with Gasteiger partial charge in [-0.05, 0) is 248 Å². The number of ketones is 1. The van der Waals surface area contributed by atoms with Gasteiger partial charge in [0, 0.05) is 44.2 Å². The predicted molar refractivity (Wildman–Crippen MR) is 507 cm³/mol. The largest absolute Gasteiger partial charge is 0.508 e. The minimum atomic E-state index is -4.19. The minimum absolute atomic E-state index is 0.0108. The number of benzene rings is 7. The lowest BCUT2D eigenvalue weighted by molar-refractivity contribution is -0.178. The molecule has 1 atom stereocenters. The van der Waals surface area contributed by atoms with Crippen LogP contribution in [0.1, 0.15) is 178 Å². The summed E-state index contributed by atoms with van der Waals surface area (Å²) in [5, 5.41) is 49.0. The molecule has 1 aliphatic heterocycles. The molecule has 34 heteroatoms. The van der Waals surface area contributed by atoms with Gasteiger partial charge in [0.15, 0.2) is 30.3 Å². The minimum Gasteiger partial charge on any atom is -0.508 e. The second-order valence-electron chi connectivity index (χ2n) is 31.8. The molecule has 1 aliphatic rings. The first kappa shape index (κ1) is 114. The monoisotopic (exact) mass is 1830 g/mol. The number of halogens is 1. The van der Waals surface area contributed by atoms with E-state index in [1.54, 1.807) is 59.9 Å². The molecular formula is C94H135ClN12O19S2. The number of anilines is 3. The number of carbonyl (C=O) groups is 1.